The number of nitrogens with zero attached hydrogens (tertiary/aromatic N) is 2. The summed E-state index contributed by atoms with van der Waals surface area (Å²) in [6.45, 7) is 0. The maximum Gasteiger partial charge on any atom is 0.160 e. The minimum absolute atomic E-state index is 0.705. The number of aromatic nitrogens is 2. The molecule has 10 rings (SSSR count). The number of rotatable bonds is 4. The fraction of sp³-hybridized carbons (Fsp3) is 0. The Morgan fingerprint density at radius 1 is 0.333 bits per heavy atom. The van der Waals surface area contributed by atoms with E-state index in [1.54, 1.807) is 0 Å². The van der Waals surface area contributed by atoms with Crippen LogP contribution in [0.4, 0.5) is 0 Å². The van der Waals surface area contributed by atoms with Gasteiger partial charge in [0, 0.05) is 38.2 Å². The van der Waals surface area contributed by atoms with Crippen LogP contribution in [0.3, 0.4) is 0 Å². The van der Waals surface area contributed by atoms with Gasteiger partial charge in [0.25, 0.3) is 0 Å². The maximum atomic E-state index is 6.59. The van der Waals surface area contributed by atoms with Crippen LogP contribution in [0.15, 0.2) is 167 Å². The molecular formula is C44H26N2O2. The van der Waals surface area contributed by atoms with Gasteiger partial charge in [0.05, 0.1) is 11.4 Å². The number of para-hydroxylation sites is 1. The van der Waals surface area contributed by atoms with Crippen molar-refractivity contribution in [2.45, 2.75) is 0 Å². The molecule has 0 saturated carbocycles. The van der Waals surface area contributed by atoms with Crippen molar-refractivity contribution in [3.63, 3.8) is 0 Å². The standard InChI is InChI=1S/C44H26N2O2/c1-3-11-28(12-4-1)35-26-36(46-44(45-35)30-13-5-2-6-14-30)29-21-19-27(20-22-29)34-25-40-41(32-16-8-7-15-31(32)34)43-39(48-40)24-23-38-42(43)33-17-9-10-18-37(33)47-38/h1-26H. The SMILES string of the molecule is c1ccc(-c2cc(-c3ccc(-c4cc5oc6ccc7oc8ccccc8c7c6c5c5ccccc45)cc3)nc(-c3ccccc3)n2)cc1. The summed E-state index contributed by atoms with van der Waals surface area (Å²) in [5.74, 6) is 0.705. The zero-order chi connectivity index (χ0) is 31.6. The topological polar surface area (TPSA) is 52.1 Å². The molecule has 0 saturated heterocycles. The Morgan fingerprint density at radius 3 is 1.58 bits per heavy atom. The van der Waals surface area contributed by atoms with Crippen molar-refractivity contribution in [3.05, 3.63) is 158 Å². The average Bonchev–Trinajstić information content (AvgIpc) is 3.73. The Bertz CT molecular complexity index is 2760. The molecule has 0 bridgehead atoms. The molecule has 0 aliphatic rings. The zero-order valence-corrected chi connectivity index (χ0v) is 25.7. The molecule has 3 heterocycles. The van der Waals surface area contributed by atoms with E-state index >= 15 is 0 Å². The van der Waals surface area contributed by atoms with Crippen molar-refractivity contribution in [1.29, 1.82) is 0 Å². The van der Waals surface area contributed by atoms with Gasteiger partial charge >= 0.3 is 0 Å². The lowest BCUT2D eigenvalue weighted by atomic mass is 9.93. The van der Waals surface area contributed by atoms with Crippen molar-refractivity contribution in [3.8, 4) is 45.0 Å². The summed E-state index contributed by atoms with van der Waals surface area (Å²) < 4.78 is 12.8. The number of benzene rings is 7. The van der Waals surface area contributed by atoms with Crippen LogP contribution in [-0.4, -0.2) is 9.97 Å². The van der Waals surface area contributed by atoms with Crippen LogP contribution in [0.25, 0.3) is 99.7 Å². The van der Waals surface area contributed by atoms with Crippen LogP contribution in [0.5, 0.6) is 0 Å². The highest BCUT2D eigenvalue weighted by Gasteiger charge is 2.20. The number of fused-ring (bicyclic) bond motifs is 9. The van der Waals surface area contributed by atoms with Crippen molar-refractivity contribution in [1.82, 2.24) is 9.97 Å². The van der Waals surface area contributed by atoms with Crippen LogP contribution in [0, 0.1) is 0 Å². The Labute approximate surface area is 275 Å². The van der Waals surface area contributed by atoms with Gasteiger partial charge in [-0.05, 0) is 52.2 Å². The number of furan rings is 2. The molecular weight excluding hydrogens is 588 g/mol. The highest BCUT2D eigenvalue weighted by molar-refractivity contribution is 6.31. The molecule has 10 aromatic rings. The Balaban J connectivity index is 1.14. The molecule has 7 aromatic carbocycles. The van der Waals surface area contributed by atoms with Gasteiger partial charge in [-0.25, -0.2) is 9.97 Å². The first-order chi connectivity index (χ1) is 23.8. The second-order valence-electron chi connectivity index (χ2n) is 12.1. The van der Waals surface area contributed by atoms with E-state index in [1.165, 1.54) is 5.39 Å². The third-order valence-electron chi connectivity index (χ3n) is 9.30. The Hall–Kier alpha value is -6.52. The molecule has 224 valence electrons. The lowest BCUT2D eigenvalue weighted by Crippen LogP contribution is -1.95. The molecule has 0 aliphatic heterocycles. The maximum absolute atomic E-state index is 6.59. The van der Waals surface area contributed by atoms with Gasteiger partial charge in [0.2, 0.25) is 0 Å². The van der Waals surface area contributed by atoms with Crippen molar-refractivity contribution >= 4 is 54.6 Å². The first-order valence-electron chi connectivity index (χ1n) is 16.1. The first-order valence-corrected chi connectivity index (χ1v) is 16.1. The van der Waals surface area contributed by atoms with E-state index in [0.717, 1.165) is 88.5 Å². The zero-order valence-electron chi connectivity index (χ0n) is 25.7. The average molecular weight is 615 g/mol. The summed E-state index contributed by atoms with van der Waals surface area (Å²) >= 11 is 0. The quantitative estimate of drug-likeness (QED) is 0.198. The molecule has 0 atom stereocenters. The van der Waals surface area contributed by atoms with E-state index in [9.17, 15) is 0 Å². The molecule has 0 N–H and O–H groups in total. The van der Waals surface area contributed by atoms with Crippen LogP contribution >= 0.6 is 0 Å². The second-order valence-corrected chi connectivity index (χ2v) is 12.1. The van der Waals surface area contributed by atoms with Crippen LogP contribution in [0.2, 0.25) is 0 Å². The molecule has 0 spiro atoms. The van der Waals surface area contributed by atoms with E-state index in [-0.39, 0.29) is 0 Å². The number of hydrogen-bond donors (Lipinski definition) is 0. The second kappa shape index (κ2) is 10.5. The summed E-state index contributed by atoms with van der Waals surface area (Å²) in [5, 5.41) is 6.73. The normalized spacial score (nSPS) is 11.8. The van der Waals surface area contributed by atoms with E-state index in [4.69, 9.17) is 18.8 Å². The third kappa shape index (κ3) is 4.16. The van der Waals surface area contributed by atoms with Gasteiger partial charge in [-0.2, -0.15) is 0 Å². The summed E-state index contributed by atoms with van der Waals surface area (Å²) in [4.78, 5) is 9.98. The van der Waals surface area contributed by atoms with Crippen molar-refractivity contribution in [2.75, 3.05) is 0 Å². The van der Waals surface area contributed by atoms with Gasteiger partial charge < -0.3 is 8.83 Å². The smallest absolute Gasteiger partial charge is 0.160 e. The van der Waals surface area contributed by atoms with Gasteiger partial charge in [-0.1, -0.05) is 127 Å². The third-order valence-corrected chi connectivity index (χ3v) is 9.30. The minimum atomic E-state index is 0.705. The molecule has 0 unspecified atom stereocenters. The van der Waals surface area contributed by atoms with E-state index in [2.05, 4.69) is 97.1 Å². The molecule has 48 heavy (non-hydrogen) atoms. The van der Waals surface area contributed by atoms with Crippen molar-refractivity contribution in [2.24, 2.45) is 0 Å². The van der Waals surface area contributed by atoms with E-state index in [1.807, 2.05) is 60.7 Å². The predicted octanol–water partition coefficient (Wildman–Crippen LogP) is 12.1. The lowest BCUT2D eigenvalue weighted by molar-refractivity contribution is 0.663. The molecule has 0 aliphatic carbocycles. The summed E-state index contributed by atoms with van der Waals surface area (Å²) in [5.41, 5.74) is 10.5. The molecule has 0 radical (unpaired) electrons. The molecule has 4 nitrogen and oxygen atoms in total. The van der Waals surface area contributed by atoms with E-state index < -0.39 is 0 Å². The van der Waals surface area contributed by atoms with Gasteiger partial charge in [0.15, 0.2) is 5.82 Å². The van der Waals surface area contributed by atoms with Crippen LogP contribution in [-0.2, 0) is 0 Å². The Morgan fingerprint density at radius 2 is 0.854 bits per heavy atom. The highest BCUT2D eigenvalue weighted by Crippen LogP contribution is 2.45. The predicted molar refractivity (Wildman–Crippen MR) is 196 cm³/mol. The largest absolute Gasteiger partial charge is 0.456 e. The number of hydrogen-bond acceptors (Lipinski definition) is 4. The van der Waals surface area contributed by atoms with Crippen molar-refractivity contribution < 1.29 is 8.83 Å². The lowest BCUT2D eigenvalue weighted by Gasteiger charge is -2.11. The molecule has 4 heteroatoms. The van der Waals surface area contributed by atoms with Crippen LogP contribution < -0.4 is 0 Å². The first kappa shape index (κ1) is 26.7. The highest BCUT2D eigenvalue weighted by atomic mass is 16.3. The van der Waals surface area contributed by atoms with Gasteiger partial charge in [-0.15, -0.1) is 0 Å². The van der Waals surface area contributed by atoms with Crippen LogP contribution in [0.1, 0.15) is 0 Å². The summed E-state index contributed by atoms with van der Waals surface area (Å²) in [6.07, 6.45) is 0. The van der Waals surface area contributed by atoms with Gasteiger partial charge in [-0.3, -0.25) is 0 Å². The summed E-state index contributed by atoms with van der Waals surface area (Å²) in [7, 11) is 0. The Kier molecular flexibility index (Phi) is 5.84. The summed E-state index contributed by atoms with van der Waals surface area (Å²) in [6, 6.07) is 54.2. The molecule has 0 amide bonds. The molecule has 0 fully saturated rings. The minimum Gasteiger partial charge on any atom is -0.456 e. The van der Waals surface area contributed by atoms with Gasteiger partial charge in [0.1, 0.15) is 22.3 Å². The fourth-order valence-corrected chi connectivity index (χ4v) is 7.06. The fourth-order valence-electron chi connectivity index (χ4n) is 7.06. The monoisotopic (exact) mass is 614 g/mol. The molecule has 3 aromatic heterocycles. The van der Waals surface area contributed by atoms with E-state index in [0.29, 0.717) is 5.82 Å².